The van der Waals surface area contributed by atoms with Gasteiger partial charge in [0.25, 0.3) is 5.91 Å². The number of halogens is 3. The number of ketones is 1. The molecule has 0 saturated heterocycles. The molecule has 156 valence electrons. The Balaban J connectivity index is 1.98. The Kier molecular flexibility index (Phi) is 7.90. The summed E-state index contributed by atoms with van der Waals surface area (Å²) in [6, 6.07) is -0.969. The molecule has 1 atom stereocenters. The predicted molar refractivity (Wildman–Crippen MR) is 97.6 cm³/mol. The highest BCUT2D eigenvalue weighted by Gasteiger charge is 2.38. The van der Waals surface area contributed by atoms with Gasteiger partial charge in [-0.2, -0.15) is 30.0 Å². The Labute approximate surface area is 164 Å². The van der Waals surface area contributed by atoms with E-state index in [0.717, 1.165) is 37.4 Å². The number of alkyl halides is 3. The molecule has 1 heterocycles. The first-order valence-electron chi connectivity index (χ1n) is 9.00. The lowest BCUT2D eigenvalue weighted by molar-refractivity contribution is -0.167. The summed E-state index contributed by atoms with van der Waals surface area (Å²) in [6.45, 7) is 0. The molecule has 1 aromatic rings. The van der Waals surface area contributed by atoms with Gasteiger partial charge in [0, 0.05) is 12.2 Å². The van der Waals surface area contributed by atoms with Crippen molar-refractivity contribution in [1.29, 1.82) is 0 Å². The van der Waals surface area contributed by atoms with Crippen LogP contribution in [0.1, 0.15) is 48.9 Å². The first-order chi connectivity index (χ1) is 13.2. The molecule has 7 nitrogen and oxygen atoms in total. The number of Topliss-reactive ketones (excluding diaryl/α,β-unsaturated/α-hetero) is 1. The second-order valence-corrected chi connectivity index (χ2v) is 7.78. The molecule has 11 heteroatoms. The average molecular weight is 420 g/mol. The fourth-order valence-electron chi connectivity index (χ4n) is 3.31. The third-order valence-electron chi connectivity index (χ3n) is 4.68. The van der Waals surface area contributed by atoms with E-state index in [1.807, 2.05) is 0 Å². The fraction of sp³-hybridized carbons (Fsp3) is 0.647. The lowest BCUT2D eigenvalue weighted by atomic mass is 10.0. The quantitative estimate of drug-likeness (QED) is 0.565. The van der Waals surface area contributed by atoms with E-state index in [9.17, 15) is 27.6 Å². The summed E-state index contributed by atoms with van der Waals surface area (Å²) in [4.78, 5) is 37.4. The maximum absolute atomic E-state index is 12.9. The SMILES string of the molecule is NC(=O)[C@H](CCCSCC(=O)C(F)(F)F)N(C(=O)c1cn[nH]c1)C1CCCC1. The molecule has 0 aliphatic heterocycles. The van der Waals surface area contributed by atoms with Crippen molar-refractivity contribution in [3.05, 3.63) is 18.0 Å². The summed E-state index contributed by atoms with van der Waals surface area (Å²) in [7, 11) is 0. The molecule has 1 fully saturated rings. The Bertz CT molecular complexity index is 676. The number of amides is 2. The maximum atomic E-state index is 12.9. The Morgan fingerprint density at radius 3 is 2.54 bits per heavy atom. The minimum atomic E-state index is -4.83. The highest BCUT2D eigenvalue weighted by molar-refractivity contribution is 7.99. The van der Waals surface area contributed by atoms with Crippen molar-refractivity contribution >= 4 is 29.4 Å². The van der Waals surface area contributed by atoms with Crippen molar-refractivity contribution in [3.63, 3.8) is 0 Å². The molecular weight excluding hydrogens is 397 g/mol. The van der Waals surface area contributed by atoms with E-state index >= 15 is 0 Å². The predicted octanol–water partition coefficient (Wildman–Crippen LogP) is 2.29. The zero-order valence-corrected chi connectivity index (χ0v) is 16.0. The van der Waals surface area contributed by atoms with Gasteiger partial charge >= 0.3 is 6.18 Å². The number of carbonyl (C=O) groups is 3. The first-order valence-corrected chi connectivity index (χ1v) is 10.2. The molecule has 2 rings (SSSR count). The fourth-order valence-corrected chi connectivity index (χ4v) is 4.17. The van der Waals surface area contributed by atoms with Crippen LogP contribution >= 0.6 is 11.8 Å². The molecule has 1 aliphatic rings. The number of aromatic amines is 1. The van der Waals surface area contributed by atoms with Crippen LogP contribution in [0.5, 0.6) is 0 Å². The minimum Gasteiger partial charge on any atom is -0.368 e. The molecule has 0 bridgehead atoms. The summed E-state index contributed by atoms with van der Waals surface area (Å²) in [6.07, 6.45) is 1.99. The Morgan fingerprint density at radius 1 is 1.32 bits per heavy atom. The smallest absolute Gasteiger partial charge is 0.368 e. The van der Waals surface area contributed by atoms with Crippen molar-refractivity contribution < 1.29 is 27.6 Å². The zero-order valence-electron chi connectivity index (χ0n) is 15.2. The number of nitrogens with two attached hydrogens (primary N) is 1. The number of thioether (sulfide) groups is 1. The molecule has 0 unspecified atom stereocenters. The number of nitrogens with zero attached hydrogens (tertiary/aromatic N) is 2. The summed E-state index contributed by atoms with van der Waals surface area (Å²) in [5, 5.41) is 6.33. The van der Waals surface area contributed by atoms with Crippen LogP contribution in [0, 0.1) is 0 Å². The normalized spacial score (nSPS) is 16.1. The summed E-state index contributed by atoms with van der Waals surface area (Å²) in [5.41, 5.74) is 5.87. The van der Waals surface area contributed by atoms with E-state index in [1.165, 1.54) is 17.3 Å². The van der Waals surface area contributed by atoms with Gasteiger partial charge in [-0.3, -0.25) is 19.5 Å². The molecule has 0 spiro atoms. The van der Waals surface area contributed by atoms with Crippen molar-refractivity contribution in [3.8, 4) is 0 Å². The highest BCUT2D eigenvalue weighted by Crippen LogP contribution is 2.28. The van der Waals surface area contributed by atoms with E-state index in [1.54, 1.807) is 0 Å². The Hall–Kier alpha value is -2.04. The molecule has 2 amide bonds. The van der Waals surface area contributed by atoms with Gasteiger partial charge < -0.3 is 10.6 Å². The van der Waals surface area contributed by atoms with Gasteiger partial charge in [0.05, 0.1) is 17.5 Å². The van der Waals surface area contributed by atoms with Crippen molar-refractivity contribution in [1.82, 2.24) is 15.1 Å². The minimum absolute atomic E-state index is 0.112. The molecular formula is C17H23F3N4O3S. The summed E-state index contributed by atoms with van der Waals surface area (Å²) >= 11 is 0.852. The second kappa shape index (κ2) is 9.94. The molecule has 0 aromatic carbocycles. The second-order valence-electron chi connectivity index (χ2n) is 6.67. The average Bonchev–Trinajstić information content (AvgIpc) is 3.32. The standard InChI is InChI=1S/C17H23F3N4O3S/c18-17(19,20)14(25)10-28-7-3-6-13(15(21)26)24(12-4-1-2-5-12)16(27)11-8-22-23-9-11/h8-9,12-13H,1-7,10H2,(H2,21,26)(H,22,23)/t13-/m0/s1. The largest absolute Gasteiger partial charge is 0.450 e. The van der Waals surface area contributed by atoms with Crippen molar-refractivity contribution in [2.24, 2.45) is 5.73 Å². The highest BCUT2D eigenvalue weighted by atomic mass is 32.2. The van der Waals surface area contributed by atoms with Crippen LogP contribution in [0.2, 0.25) is 0 Å². The van der Waals surface area contributed by atoms with E-state index in [-0.39, 0.29) is 24.1 Å². The van der Waals surface area contributed by atoms with Gasteiger partial charge in [-0.05, 0) is 31.4 Å². The number of nitrogens with one attached hydrogen (secondary N) is 1. The molecule has 1 saturated carbocycles. The molecule has 3 N–H and O–H groups in total. The number of primary amides is 1. The van der Waals surface area contributed by atoms with Crippen LogP contribution in [-0.4, -0.2) is 62.5 Å². The number of hydrogen-bond acceptors (Lipinski definition) is 5. The van der Waals surface area contributed by atoms with Gasteiger partial charge in [0.15, 0.2) is 0 Å². The van der Waals surface area contributed by atoms with Crippen LogP contribution in [-0.2, 0) is 9.59 Å². The number of carbonyl (C=O) groups excluding carboxylic acids is 3. The Morgan fingerprint density at radius 2 is 2.00 bits per heavy atom. The van der Waals surface area contributed by atoms with Gasteiger partial charge in [0.1, 0.15) is 6.04 Å². The third-order valence-corrected chi connectivity index (χ3v) is 5.72. The number of rotatable bonds is 10. The van der Waals surface area contributed by atoms with Crippen LogP contribution in [0.3, 0.4) is 0 Å². The topological polar surface area (TPSA) is 109 Å². The van der Waals surface area contributed by atoms with Crippen LogP contribution in [0.25, 0.3) is 0 Å². The van der Waals surface area contributed by atoms with Gasteiger partial charge in [-0.25, -0.2) is 0 Å². The molecule has 0 radical (unpaired) electrons. The third kappa shape index (κ3) is 5.98. The van der Waals surface area contributed by atoms with Crippen LogP contribution in [0.4, 0.5) is 13.2 Å². The maximum Gasteiger partial charge on any atom is 0.450 e. The van der Waals surface area contributed by atoms with Crippen LogP contribution < -0.4 is 5.73 Å². The van der Waals surface area contributed by atoms with E-state index in [4.69, 9.17) is 5.73 Å². The number of H-pyrrole nitrogens is 1. The lowest BCUT2D eigenvalue weighted by Crippen LogP contribution is -2.52. The lowest BCUT2D eigenvalue weighted by Gasteiger charge is -2.34. The summed E-state index contributed by atoms with van der Waals surface area (Å²) in [5.74, 6) is -3.19. The van der Waals surface area contributed by atoms with Crippen molar-refractivity contribution in [2.75, 3.05) is 11.5 Å². The zero-order chi connectivity index (χ0) is 20.7. The van der Waals surface area contributed by atoms with Crippen molar-refractivity contribution in [2.45, 2.75) is 56.8 Å². The summed E-state index contributed by atoms with van der Waals surface area (Å²) < 4.78 is 36.7. The van der Waals surface area contributed by atoms with Crippen LogP contribution in [0.15, 0.2) is 12.4 Å². The number of aromatic nitrogens is 2. The first kappa shape index (κ1) is 22.3. The van der Waals surface area contributed by atoms with E-state index < -0.39 is 29.7 Å². The van der Waals surface area contributed by atoms with Gasteiger partial charge in [-0.15, -0.1) is 0 Å². The number of hydrogen-bond donors (Lipinski definition) is 2. The monoisotopic (exact) mass is 420 g/mol. The molecule has 28 heavy (non-hydrogen) atoms. The van der Waals surface area contributed by atoms with E-state index in [0.29, 0.717) is 12.0 Å². The van der Waals surface area contributed by atoms with Gasteiger partial charge in [-0.1, -0.05) is 12.8 Å². The molecule has 1 aliphatic carbocycles. The van der Waals surface area contributed by atoms with E-state index in [2.05, 4.69) is 10.2 Å². The van der Waals surface area contributed by atoms with Gasteiger partial charge in [0.2, 0.25) is 11.7 Å². The molecule has 1 aromatic heterocycles.